The molecule has 1 aliphatic carbocycles. The lowest BCUT2D eigenvalue weighted by Gasteiger charge is -2.46. The minimum absolute atomic E-state index is 0.000107. The fourth-order valence-electron chi connectivity index (χ4n) is 6.53. The Morgan fingerprint density at radius 3 is 2.18 bits per heavy atom. The number of aliphatic hydroxyl groups is 6. The van der Waals surface area contributed by atoms with Gasteiger partial charge in [0.1, 0.15) is 60.7 Å². The first-order chi connectivity index (χ1) is 23.7. The van der Waals surface area contributed by atoms with Gasteiger partial charge in [-0.15, -0.1) is 0 Å². The van der Waals surface area contributed by atoms with Crippen LogP contribution in [0.5, 0.6) is 0 Å². The Morgan fingerprint density at radius 2 is 1.54 bits per heavy atom. The van der Waals surface area contributed by atoms with Gasteiger partial charge in [0, 0.05) is 32.0 Å². The maximum absolute atomic E-state index is 13.0. The number of carbonyl (C=O) groups excluding carboxylic acids is 1. The summed E-state index contributed by atoms with van der Waals surface area (Å²) >= 11 is 0. The van der Waals surface area contributed by atoms with E-state index in [4.69, 9.17) is 68.6 Å². The van der Waals surface area contributed by atoms with E-state index in [0.717, 1.165) is 0 Å². The molecule has 0 unspecified atom stereocenters. The zero-order valence-electron chi connectivity index (χ0n) is 27.6. The van der Waals surface area contributed by atoms with Crippen LogP contribution in [0.3, 0.4) is 0 Å². The fourth-order valence-corrected chi connectivity index (χ4v) is 6.53. The second kappa shape index (κ2) is 18.1. The highest BCUT2D eigenvalue weighted by Crippen LogP contribution is 2.37. The minimum Gasteiger partial charge on any atom is -0.467 e. The summed E-state index contributed by atoms with van der Waals surface area (Å²) in [6.45, 7) is -0.780. The van der Waals surface area contributed by atoms with Gasteiger partial charge in [0.2, 0.25) is 6.29 Å². The van der Waals surface area contributed by atoms with E-state index in [9.17, 15) is 35.4 Å². The Morgan fingerprint density at radius 1 is 0.880 bits per heavy atom. The van der Waals surface area contributed by atoms with Crippen molar-refractivity contribution in [3.8, 4) is 0 Å². The molecular weight excluding hydrogens is 668 g/mol. The molecule has 0 radical (unpaired) electrons. The molecule has 3 heterocycles. The Labute approximate surface area is 288 Å². The molecule has 0 aromatic heterocycles. The molecule has 4 aliphatic rings. The van der Waals surface area contributed by atoms with Crippen molar-refractivity contribution in [2.24, 2.45) is 51.0 Å². The van der Waals surface area contributed by atoms with Crippen LogP contribution in [0.1, 0.15) is 25.7 Å². The summed E-state index contributed by atoms with van der Waals surface area (Å²) in [5, 5.41) is 64.2. The van der Waals surface area contributed by atoms with Crippen LogP contribution in [0.4, 0.5) is 0 Å². The number of aliphatic imine (C=N–C) groups is 1. The summed E-state index contributed by atoms with van der Waals surface area (Å²) in [5.74, 6) is -1.22. The number of hydrogen-bond donors (Lipinski definition) is 13. The van der Waals surface area contributed by atoms with Gasteiger partial charge in [-0.1, -0.05) is 0 Å². The molecule has 288 valence electrons. The van der Waals surface area contributed by atoms with Gasteiger partial charge in [-0.25, -0.2) is 0 Å². The van der Waals surface area contributed by atoms with Crippen molar-refractivity contribution in [2.75, 3.05) is 26.2 Å². The molecule has 3 aliphatic heterocycles. The van der Waals surface area contributed by atoms with Crippen LogP contribution in [0.15, 0.2) is 16.8 Å². The summed E-state index contributed by atoms with van der Waals surface area (Å²) in [6.07, 6.45) is -15.8. The van der Waals surface area contributed by atoms with Crippen molar-refractivity contribution >= 4 is 11.7 Å². The monoisotopic (exact) mass is 722 g/mol. The van der Waals surface area contributed by atoms with Crippen molar-refractivity contribution in [1.29, 1.82) is 0 Å². The summed E-state index contributed by atoms with van der Waals surface area (Å²) in [5.41, 5.74) is 40.9. The van der Waals surface area contributed by atoms with Crippen LogP contribution < -0.4 is 40.1 Å². The minimum atomic E-state index is -1.65. The number of rotatable bonds is 15. The number of aliphatic hydroxyl groups excluding tert-OH is 6. The molecule has 1 saturated carbocycles. The molecular formula is C29H54N8O13. The molecule has 0 bridgehead atoms. The third-order valence-electron chi connectivity index (χ3n) is 9.43. The maximum Gasteiger partial charge on any atom is 0.215 e. The van der Waals surface area contributed by atoms with E-state index in [0.29, 0.717) is 12.2 Å². The number of hydrogen-bond acceptors (Lipinski definition) is 19. The number of guanidine groups is 1. The lowest BCUT2D eigenvalue weighted by Crippen LogP contribution is -2.64. The van der Waals surface area contributed by atoms with Crippen LogP contribution in [0, 0.1) is 5.92 Å². The summed E-state index contributed by atoms with van der Waals surface area (Å²) in [7, 11) is 0. The first-order valence-corrected chi connectivity index (χ1v) is 16.6. The SMILES string of the molecule is NCC1=CC[C@@H](N)[C@@H](O[C@H]2[C@H](O[C@@H]3O[C@H](CO)[C@@H](O[C@H]4O[C@@H](CN)[C@@H](O)[C@H](O)[C@H]4N)[C@H]3O)[C@@H](O)[C@H](CC(=O)[C@@H](O)CCN=C(N)N)C[C@@H]2N)O1. The van der Waals surface area contributed by atoms with Gasteiger partial charge in [-0.05, 0) is 24.8 Å². The lowest BCUT2D eigenvalue weighted by molar-refractivity contribution is -0.283. The average Bonchev–Trinajstić information content (AvgIpc) is 3.38. The Hall–Kier alpha value is -2.16. The van der Waals surface area contributed by atoms with E-state index < -0.39 is 116 Å². The van der Waals surface area contributed by atoms with E-state index in [-0.39, 0.29) is 44.9 Å². The number of ether oxygens (including phenoxy) is 6. The molecule has 0 aromatic carbocycles. The van der Waals surface area contributed by atoms with Gasteiger partial charge >= 0.3 is 0 Å². The van der Waals surface area contributed by atoms with E-state index in [1.807, 2.05) is 0 Å². The third kappa shape index (κ3) is 9.43. The number of carbonyl (C=O) groups is 1. The third-order valence-corrected chi connectivity index (χ3v) is 9.43. The van der Waals surface area contributed by atoms with Crippen LogP contribution in [-0.4, -0.2) is 167 Å². The molecule has 20 N–H and O–H groups in total. The van der Waals surface area contributed by atoms with Gasteiger partial charge in [0.05, 0.1) is 31.3 Å². The summed E-state index contributed by atoms with van der Waals surface area (Å²) in [4.78, 5) is 16.7. The smallest absolute Gasteiger partial charge is 0.215 e. The molecule has 2 saturated heterocycles. The molecule has 17 atom stereocenters. The summed E-state index contributed by atoms with van der Waals surface area (Å²) < 4.78 is 35.5. The van der Waals surface area contributed by atoms with Gasteiger partial charge in [0.25, 0.3) is 0 Å². The molecule has 21 heteroatoms. The molecule has 0 aromatic rings. The fraction of sp³-hybridized carbons (Fsp3) is 0.862. The van der Waals surface area contributed by atoms with Gasteiger partial charge < -0.3 is 99.2 Å². The maximum atomic E-state index is 13.0. The normalized spacial score (nSPS) is 42.7. The van der Waals surface area contributed by atoms with Crippen molar-refractivity contribution in [2.45, 2.75) is 124 Å². The zero-order chi connectivity index (χ0) is 36.9. The second-order valence-electron chi connectivity index (χ2n) is 13.0. The van der Waals surface area contributed by atoms with Crippen molar-refractivity contribution in [3.63, 3.8) is 0 Å². The topological polar surface area (TPSA) is 388 Å². The van der Waals surface area contributed by atoms with Crippen molar-refractivity contribution in [1.82, 2.24) is 0 Å². The first-order valence-electron chi connectivity index (χ1n) is 16.6. The molecule has 0 spiro atoms. The van der Waals surface area contributed by atoms with E-state index in [1.54, 1.807) is 6.08 Å². The molecule has 0 amide bonds. The molecule has 4 rings (SSSR count). The Balaban J connectivity index is 1.54. The highest BCUT2D eigenvalue weighted by molar-refractivity contribution is 5.83. The Kier molecular flexibility index (Phi) is 14.7. The van der Waals surface area contributed by atoms with E-state index >= 15 is 0 Å². The van der Waals surface area contributed by atoms with Crippen LogP contribution in [-0.2, 0) is 33.2 Å². The van der Waals surface area contributed by atoms with Crippen molar-refractivity contribution < 1.29 is 63.9 Å². The van der Waals surface area contributed by atoms with E-state index in [2.05, 4.69) is 4.99 Å². The number of nitrogens with two attached hydrogens (primary N) is 7. The van der Waals surface area contributed by atoms with Gasteiger partial charge in [0.15, 0.2) is 24.3 Å². The van der Waals surface area contributed by atoms with Crippen LogP contribution in [0.2, 0.25) is 0 Å². The quantitative estimate of drug-likeness (QED) is 0.0551. The highest BCUT2D eigenvalue weighted by atomic mass is 16.8. The van der Waals surface area contributed by atoms with Gasteiger partial charge in [-0.2, -0.15) is 0 Å². The average molecular weight is 723 g/mol. The number of Topliss-reactive ketones (excluding diaryl/α,β-unsaturated/α-hetero) is 1. The predicted molar refractivity (Wildman–Crippen MR) is 172 cm³/mol. The summed E-state index contributed by atoms with van der Waals surface area (Å²) in [6, 6.07) is -2.81. The lowest BCUT2D eigenvalue weighted by atomic mass is 9.76. The van der Waals surface area contributed by atoms with Gasteiger partial charge in [-0.3, -0.25) is 9.79 Å². The van der Waals surface area contributed by atoms with E-state index in [1.165, 1.54) is 0 Å². The van der Waals surface area contributed by atoms with Crippen LogP contribution >= 0.6 is 0 Å². The first kappa shape index (κ1) is 40.6. The molecule has 3 fully saturated rings. The highest BCUT2D eigenvalue weighted by Gasteiger charge is 2.54. The molecule has 21 nitrogen and oxygen atoms in total. The number of ketones is 1. The zero-order valence-corrected chi connectivity index (χ0v) is 27.6. The number of nitrogens with zero attached hydrogens (tertiary/aromatic N) is 1. The Bertz CT molecular complexity index is 1170. The second-order valence-corrected chi connectivity index (χ2v) is 13.0. The predicted octanol–water partition coefficient (Wildman–Crippen LogP) is -7.44. The molecule has 50 heavy (non-hydrogen) atoms. The largest absolute Gasteiger partial charge is 0.467 e. The van der Waals surface area contributed by atoms with Crippen LogP contribution in [0.25, 0.3) is 0 Å². The standard InChI is InChI=1S/C29H54N8O13/c30-7-11-1-2-12(32)26(45-11)48-23-13(33)5-10(6-15(40)14(39)3-4-37-29(35)36)19(41)25(23)50-28-22(44)24(17(9-38)47-28)49-27-18(34)21(43)20(42)16(8-31)46-27/h1,10,12-14,16-28,38-39,41-44H,2-9,30-34H2,(H4,35,36,37)/t10-,12+,13-,14-,16-,17+,18+,19-,20+,21+,22+,23+,24+,25+,26+,27+,28-/m0/s1. The van der Waals surface area contributed by atoms with Crippen molar-refractivity contribution in [3.05, 3.63) is 11.8 Å².